The van der Waals surface area contributed by atoms with Crippen LogP contribution in [0.15, 0.2) is 54.9 Å². The van der Waals surface area contributed by atoms with Crippen molar-refractivity contribution in [2.45, 2.75) is 31.5 Å². The number of aromatic nitrogens is 2. The predicted molar refractivity (Wildman–Crippen MR) is 124 cm³/mol. The molecule has 0 spiro atoms. The van der Waals surface area contributed by atoms with Crippen molar-refractivity contribution in [1.29, 1.82) is 0 Å². The summed E-state index contributed by atoms with van der Waals surface area (Å²) < 4.78 is 55.9. The van der Waals surface area contributed by atoms with Crippen molar-refractivity contribution in [2.24, 2.45) is 0 Å². The van der Waals surface area contributed by atoms with Gasteiger partial charge < -0.3 is 14.8 Å². The van der Waals surface area contributed by atoms with Gasteiger partial charge in [0.1, 0.15) is 11.6 Å². The fourth-order valence-corrected chi connectivity index (χ4v) is 4.53. The van der Waals surface area contributed by atoms with E-state index < -0.39 is 17.6 Å². The van der Waals surface area contributed by atoms with Crippen LogP contribution >= 0.6 is 23.8 Å². The normalized spacial score (nSPS) is 15.0. The van der Waals surface area contributed by atoms with E-state index in [-0.39, 0.29) is 23.7 Å². The Balaban J connectivity index is 1.41. The number of halogens is 5. The van der Waals surface area contributed by atoms with Gasteiger partial charge in [0.05, 0.1) is 11.3 Å². The van der Waals surface area contributed by atoms with Crippen LogP contribution in [0.1, 0.15) is 35.7 Å². The topological polar surface area (TPSA) is 33.1 Å². The van der Waals surface area contributed by atoms with Gasteiger partial charge in [0.15, 0.2) is 5.11 Å². The van der Waals surface area contributed by atoms with Gasteiger partial charge in [-0.3, -0.25) is 0 Å². The standard InChI is InChI=1S/C23H21ClF4N4S/c24-17-5-6-19(25)20(13-17)30-22(33)31-10-7-15(8-11-31)21-29-9-12-32(21)14-16-3-1-2-4-18(16)23(26,27)28/h1-6,9,12-13,15H,7-8,10-11,14H2,(H,30,33). The molecule has 1 aliphatic rings. The molecule has 0 amide bonds. The van der Waals surface area contributed by atoms with E-state index in [1.165, 1.54) is 30.3 Å². The second-order valence-corrected chi connectivity index (χ2v) is 8.71. The molecule has 1 fully saturated rings. The minimum atomic E-state index is -4.41. The Morgan fingerprint density at radius 1 is 1.15 bits per heavy atom. The summed E-state index contributed by atoms with van der Waals surface area (Å²) in [6.07, 6.45) is 0.360. The SMILES string of the molecule is Fc1ccc(Cl)cc1NC(=S)N1CCC(c2nccn2Cc2ccccc2C(F)(F)F)CC1. The van der Waals surface area contributed by atoms with Gasteiger partial charge in [-0.2, -0.15) is 13.2 Å². The van der Waals surface area contributed by atoms with E-state index in [0.717, 1.165) is 24.7 Å². The summed E-state index contributed by atoms with van der Waals surface area (Å²) in [7, 11) is 0. The van der Waals surface area contributed by atoms with Gasteiger partial charge in [-0.05, 0) is 54.9 Å². The van der Waals surface area contributed by atoms with Crippen LogP contribution in [0.4, 0.5) is 23.2 Å². The molecule has 2 heterocycles. The Labute approximate surface area is 199 Å². The molecule has 33 heavy (non-hydrogen) atoms. The fraction of sp³-hybridized carbons (Fsp3) is 0.304. The molecule has 1 N–H and O–H groups in total. The number of rotatable bonds is 4. The van der Waals surface area contributed by atoms with E-state index in [4.69, 9.17) is 23.8 Å². The van der Waals surface area contributed by atoms with Crippen molar-refractivity contribution in [3.05, 3.63) is 82.6 Å². The van der Waals surface area contributed by atoms with E-state index in [0.29, 0.717) is 23.2 Å². The van der Waals surface area contributed by atoms with E-state index in [9.17, 15) is 17.6 Å². The van der Waals surface area contributed by atoms with Gasteiger partial charge in [0.25, 0.3) is 0 Å². The fourth-order valence-electron chi connectivity index (χ4n) is 4.06. The second kappa shape index (κ2) is 9.69. The summed E-state index contributed by atoms with van der Waals surface area (Å²) in [5, 5.41) is 3.71. The molecule has 0 atom stereocenters. The summed E-state index contributed by atoms with van der Waals surface area (Å²) in [5.41, 5.74) is -0.215. The summed E-state index contributed by atoms with van der Waals surface area (Å²) in [6.45, 7) is 1.33. The summed E-state index contributed by atoms with van der Waals surface area (Å²) >= 11 is 11.4. The van der Waals surface area contributed by atoms with E-state index in [2.05, 4.69) is 10.3 Å². The first-order valence-corrected chi connectivity index (χ1v) is 11.2. The molecule has 0 unspecified atom stereocenters. The highest BCUT2D eigenvalue weighted by Gasteiger charge is 2.33. The highest BCUT2D eigenvalue weighted by atomic mass is 35.5. The number of alkyl halides is 3. The molecular formula is C23H21ClF4N4S. The molecule has 174 valence electrons. The molecule has 0 bridgehead atoms. The molecule has 0 radical (unpaired) electrons. The molecule has 1 aromatic heterocycles. The maximum atomic E-state index is 14.0. The van der Waals surface area contributed by atoms with Crippen LogP contribution in [0, 0.1) is 5.82 Å². The smallest absolute Gasteiger partial charge is 0.349 e. The minimum Gasteiger partial charge on any atom is -0.349 e. The largest absolute Gasteiger partial charge is 0.416 e. The summed E-state index contributed by atoms with van der Waals surface area (Å²) in [4.78, 5) is 6.38. The number of benzene rings is 2. The number of imidazole rings is 1. The molecule has 3 aromatic rings. The molecule has 2 aromatic carbocycles. The number of nitrogens with zero attached hydrogens (tertiary/aromatic N) is 3. The predicted octanol–water partition coefficient (Wildman–Crippen LogP) is 6.32. The van der Waals surface area contributed by atoms with Crippen LogP contribution < -0.4 is 5.32 Å². The Morgan fingerprint density at radius 2 is 1.88 bits per heavy atom. The summed E-state index contributed by atoms with van der Waals surface area (Å²) in [6, 6.07) is 9.81. The van der Waals surface area contributed by atoms with Gasteiger partial charge in [-0.25, -0.2) is 9.37 Å². The molecule has 1 aliphatic heterocycles. The number of likely N-dealkylation sites (tertiary alicyclic amines) is 1. The molecule has 4 rings (SSSR count). The lowest BCUT2D eigenvalue weighted by Crippen LogP contribution is -2.40. The van der Waals surface area contributed by atoms with Crippen LogP contribution in [0.2, 0.25) is 5.02 Å². The van der Waals surface area contributed by atoms with E-state index in [1.807, 2.05) is 4.90 Å². The highest BCUT2D eigenvalue weighted by Crippen LogP contribution is 2.33. The number of nitrogens with one attached hydrogen (secondary N) is 1. The molecule has 10 heteroatoms. The van der Waals surface area contributed by atoms with E-state index in [1.54, 1.807) is 23.0 Å². The van der Waals surface area contributed by atoms with Crippen LogP contribution in [0.25, 0.3) is 0 Å². The van der Waals surface area contributed by atoms with Gasteiger partial charge in [-0.1, -0.05) is 29.8 Å². The van der Waals surface area contributed by atoms with E-state index >= 15 is 0 Å². The number of piperidine rings is 1. The average Bonchev–Trinajstić information content (AvgIpc) is 3.24. The number of hydrogen-bond donors (Lipinski definition) is 1. The first-order valence-electron chi connectivity index (χ1n) is 10.4. The van der Waals surface area contributed by atoms with Gasteiger partial charge in [0.2, 0.25) is 0 Å². The first kappa shape index (κ1) is 23.5. The van der Waals surface area contributed by atoms with Crippen molar-refractivity contribution >= 4 is 34.6 Å². The van der Waals surface area contributed by atoms with Crippen molar-refractivity contribution in [2.75, 3.05) is 18.4 Å². The van der Waals surface area contributed by atoms with Crippen LogP contribution in [0.5, 0.6) is 0 Å². The van der Waals surface area contributed by atoms with Crippen LogP contribution in [0.3, 0.4) is 0 Å². The van der Waals surface area contributed by atoms with Gasteiger partial charge in [0, 0.05) is 43.0 Å². The lowest BCUT2D eigenvalue weighted by Gasteiger charge is -2.34. The zero-order chi connectivity index (χ0) is 23.6. The third-order valence-electron chi connectivity index (χ3n) is 5.73. The van der Waals surface area contributed by atoms with Crippen LogP contribution in [-0.2, 0) is 12.7 Å². The molecule has 0 aliphatic carbocycles. The molecule has 0 saturated carbocycles. The highest BCUT2D eigenvalue weighted by molar-refractivity contribution is 7.80. The number of anilines is 1. The Hall–Kier alpha value is -2.65. The lowest BCUT2D eigenvalue weighted by atomic mass is 9.96. The second-order valence-electron chi connectivity index (χ2n) is 7.88. The zero-order valence-corrected chi connectivity index (χ0v) is 19.0. The van der Waals surface area contributed by atoms with Gasteiger partial charge in [-0.15, -0.1) is 0 Å². The molecular weight excluding hydrogens is 476 g/mol. The third kappa shape index (κ3) is 5.47. The van der Waals surface area contributed by atoms with Crippen molar-refractivity contribution < 1.29 is 17.6 Å². The van der Waals surface area contributed by atoms with Crippen molar-refractivity contribution in [1.82, 2.24) is 14.5 Å². The Bertz CT molecular complexity index is 1140. The quantitative estimate of drug-likeness (QED) is 0.338. The first-order chi connectivity index (χ1) is 15.7. The van der Waals surface area contributed by atoms with Gasteiger partial charge >= 0.3 is 6.18 Å². The zero-order valence-electron chi connectivity index (χ0n) is 17.4. The number of hydrogen-bond acceptors (Lipinski definition) is 2. The average molecular weight is 497 g/mol. The minimum absolute atomic E-state index is 0.0833. The van der Waals surface area contributed by atoms with Crippen molar-refractivity contribution in [3.63, 3.8) is 0 Å². The summed E-state index contributed by atoms with van der Waals surface area (Å²) in [5.74, 6) is 0.393. The van der Waals surface area contributed by atoms with Crippen molar-refractivity contribution in [3.8, 4) is 0 Å². The lowest BCUT2D eigenvalue weighted by molar-refractivity contribution is -0.138. The molecule has 4 nitrogen and oxygen atoms in total. The Morgan fingerprint density at radius 3 is 2.61 bits per heavy atom. The Kier molecular flexibility index (Phi) is 6.90. The third-order valence-corrected chi connectivity index (χ3v) is 6.32. The maximum Gasteiger partial charge on any atom is 0.416 e. The van der Waals surface area contributed by atoms with Crippen LogP contribution in [-0.4, -0.2) is 32.7 Å². The molecule has 1 saturated heterocycles. The number of thiocarbonyl (C=S) groups is 1. The monoisotopic (exact) mass is 496 g/mol. The maximum absolute atomic E-state index is 14.0.